The average Bonchev–Trinajstić information content (AvgIpc) is 2.48. The summed E-state index contributed by atoms with van der Waals surface area (Å²) in [4.78, 5) is 12.3. The van der Waals surface area contributed by atoms with Crippen LogP contribution in [0.4, 0.5) is 0 Å². The number of carbonyl (C=O) groups is 1. The first-order valence-corrected chi connectivity index (χ1v) is 8.65. The van der Waals surface area contributed by atoms with Crippen LogP contribution in [0.5, 0.6) is 0 Å². The number of hydrogen-bond donors (Lipinski definition) is 1. The second-order valence-corrected chi connectivity index (χ2v) is 7.46. The van der Waals surface area contributed by atoms with Crippen LogP contribution in [-0.2, 0) is 25.0 Å². The van der Waals surface area contributed by atoms with E-state index >= 15 is 0 Å². The monoisotopic (exact) mass is 313 g/mol. The van der Waals surface area contributed by atoms with Gasteiger partial charge in [-0.25, -0.2) is 0 Å². The van der Waals surface area contributed by atoms with Crippen LogP contribution < -0.4 is 5.32 Å². The number of hydrogen-bond acceptors (Lipinski definition) is 5. The van der Waals surface area contributed by atoms with Crippen molar-refractivity contribution < 1.29 is 18.4 Å². The van der Waals surface area contributed by atoms with E-state index in [1.165, 1.54) is 14.2 Å². The minimum absolute atomic E-state index is 0.0865. The summed E-state index contributed by atoms with van der Waals surface area (Å²) in [5.41, 5.74) is 1.10. The van der Waals surface area contributed by atoms with Crippen molar-refractivity contribution in [1.82, 2.24) is 5.32 Å². The van der Waals surface area contributed by atoms with Crippen molar-refractivity contribution in [2.75, 3.05) is 20.4 Å². The Labute approximate surface area is 126 Å². The van der Waals surface area contributed by atoms with Gasteiger partial charge in [0.25, 0.3) is 0 Å². The van der Waals surface area contributed by atoms with Crippen LogP contribution in [0.3, 0.4) is 0 Å². The lowest BCUT2D eigenvalue weighted by Crippen LogP contribution is -2.42. The van der Waals surface area contributed by atoms with Crippen LogP contribution in [0.25, 0.3) is 0 Å². The van der Waals surface area contributed by atoms with Gasteiger partial charge in [0.15, 0.2) is 5.78 Å². The van der Waals surface area contributed by atoms with Crippen LogP contribution in [0.15, 0.2) is 30.3 Å². The number of nitrogens with one attached hydrogen (secondary N) is 1. The second kappa shape index (κ2) is 8.44. The van der Waals surface area contributed by atoms with E-state index in [0.29, 0.717) is 6.54 Å². The van der Waals surface area contributed by atoms with Crippen LogP contribution in [0.1, 0.15) is 19.4 Å². The molecule has 0 fully saturated rings. The molecule has 0 aromatic heterocycles. The van der Waals surface area contributed by atoms with Crippen LogP contribution in [0, 0.1) is 5.92 Å². The Morgan fingerprint density at radius 1 is 1.19 bits per heavy atom. The molecule has 0 aliphatic heterocycles. The smallest absolute Gasteiger partial charge is 0.312 e. The molecule has 21 heavy (non-hydrogen) atoms. The highest BCUT2D eigenvalue weighted by Gasteiger charge is 2.31. The standard InChI is InChI=1S/C15H24NO4P/c1-12(2)15(14(17)11-21(18,19-3)20-4)16-10-13-8-6-5-7-9-13/h5-9,12,15-16H,10-11H2,1-4H3/t15-/m0/s1. The predicted octanol–water partition coefficient (Wildman–Crippen LogP) is 2.86. The number of carbonyl (C=O) groups excluding carboxylic acids is 1. The molecule has 1 aromatic carbocycles. The SMILES string of the molecule is COP(=O)(CC(=O)[C@@H](NCc1ccccc1)C(C)C)OC. The fourth-order valence-electron chi connectivity index (χ4n) is 2.04. The van der Waals surface area contributed by atoms with Crippen molar-refractivity contribution in [1.29, 1.82) is 0 Å². The fraction of sp³-hybridized carbons (Fsp3) is 0.533. The highest BCUT2D eigenvalue weighted by molar-refractivity contribution is 7.54. The third-order valence-electron chi connectivity index (χ3n) is 3.29. The van der Waals surface area contributed by atoms with Gasteiger partial charge in [0.05, 0.1) is 6.04 Å². The molecule has 0 aliphatic rings. The Bertz CT molecular complexity index is 482. The molecule has 0 unspecified atom stereocenters. The molecule has 0 aliphatic carbocycles. The van der Waals surface area contributed by atoms with E-state index in [9.17, 15) is 9.36 Å². The Kier molecular flexibility index (Phi) is 7.26. The molecule has 1 atom stereocenters. The van der Waals surface area contributed by atoms with Gasteiger partial charge in [-0.1, -0.05) is 44.2 Å². The maximum absolute atomic E-state index is 12.3. The normalized spacial score (nSPS) is 13.4. The molecule has 0 saturated carbocycles. The van der Waals surface area contributed by atoms with E-state index in [1.54, 1.807) is 0 Å². The number of rotatable bonds is 9. The summed E-state index contributed by atoms with van der Waals surface area (Å²) < 4.78 is 21.7. The van der Waals surface area contributed by atoms with E-state index in [2.05, 4.69) is 5.32 Å². The third kappa shape index (κ3) is 5.71. The summed E-state index contributed by atoms with van der Waals surface area (Å²) in [5.74, 6) is -0.0728. The van der Waals surface area contributed by atoms with Crippen molar-refractivity contribution in [3.63, 3.8) is 0 Å². The van der Waals surface area contributed by atoms with Crippen LogP contribution in [-0.4, -0.2) is 32.2 Å². The molecule has 5 nitrogen and oxygen atoms in total. The zero-order valence-corrected chi connectivity index (χ0v) is 13.9. The van der Waals surface area contributed by atoms with Gasteiger partial charge >= 0.3 is 7.60 Å². The first-order valence-electron chi connectivity index (χ1n) is 6.92. The first-order chi connectivity index (χ1) is 9.91. The minimum Gasteiger partial charge on any atom is -0.312 e. The zero-order valence-electron chi connectivity index (χ0n) is 13.0. The van der Waals surface area contributed by atoms with Gasteiger partial charge in [-0.05, 0) is 11.5 Å². The summed E-state index contributed by atoms with van der Waals surface area (Å²) in [6.45, 7) is 4.48. The zero-order chi connectivity index (χ0) is 15.9. The minimum atomic E-state index is -3.32. The largest absolute Gasteiger partial charge is 0.337 e. The van der Waals surface area contributed by atoms with Crippen molar-refractivity contribution >= 4 is 13.4 Å². The quantitative estimate of drug-likeness (QED) is 0.710. The van der Waals surface area contributed by atoms with E-state index < -0.39 is 7.60 Å². The van der Waals surface area contributed by atoms with E-state index in [0.717, 1.165) is 5.56 Å². The Balaban J connectivity index is 2.69. The average molecular weight is 313 g/mol. The molecule has 1 rings (SSSR count). The molecule has 1 N–H and O–H groups in total. The summed E-state index contributed by atoms with van der Waals surface area (Å²) in [6.07, 6.45) is -0.218. The lowest BCUT2D eigenvalue weighted by atomic mass is 10.0. The predicted molar refractivity (Wildman–Crippen MR) is 83.4 cm³/mol. The van der Waals surface area contributed by atoms with Crippen molar-refractivity contribution in [2.45, 2.75) is 26.4 Å². The molecular formula is C15H24NO4P. The summed E-state index contributed by atoms with van der Waals surface area (Å²) in [7, 11) is -0.734. The van der Waals surface area contributed by atoms with Gasteiger partial charge in [-0.15, -0.1) is 0 Å². The number of Topliss-reactive ketones (excluding diaryl/α,β-unsaturated/α-hetero) is 1. The van der Waals surface area contributed by atoms with Gasteiger partial charge in [0.1, 0.15) is 6.16 Å². The first kappa shape index (κ1) is 18.1. The maximum Gasteiger partial charge on any atom is 0.337 e. The Hall–Kier alpha value is -1.00. The fourth-order valence-corrected chi connectivity index (χ4v) is 3.02. The summed E-state index contributed by atoms with van der Waals surface area (Å²) in [5, 5.41) is 3.22. The molecule has 0 radical (unpaired) electrons. The van der Waals surface area contributed by atoms with Gasteiger partial charge in [0.2, 0.25) is 0 Å². The van der Waals surface area contributed by atoms with Crippen molar-refractivity contribution in [3.8, 4) is 0 Å². The number of ketones is 1. The molecule has 118 valence electrons. The van der Waals surface area contributed by atoms with E-state index in [1.807, 2.05) is 44.2 Å². The Morgan fingerprint density at radius 3 is 2.24 bits per heavy atom. The topological polar surface area (TPSA) is 64.6 Å². The van der Waals surface area contributed by atoms with Crippen LogP contribution in [0.2, 0.25) is 0 Å². The molecule has 1 aromatic rings. The van der Waals surface area contributed by atoms with Gasteiger partial charge < -0.3 is 14.4 Å². The molecule has 6 heteroatoms. The molecule has 0 amide bonds. The van der Waals surface area contributed by atoms with Gasteiger partial charge in [0, 0.05) is 20.8 Å². The molecule has 0 spiro atoms. The summed E-state index contributed by atoms with van der Waals surface area (Å²) >= 11 is 0. The molecule has 0 heterocycles. The van der Waals surface area contributed by atoms with E-state index in [4.69, 9.17) is 9.05 Å². The van der Waals surface area contributed by atoms with Gasteiger partial charge in [-0.2, -0.15) is 0 Å². The lowest BCUT2D eigenvalue weighted by Gasteiger charge is -2.23. The molecule has 0 saturated heterocycles. The number of benzene rings is 1. The van der Waals surface area contributed by atoms with Crippen molar-refractivity contribution in [2.24, 2.45) is 5.92 Å². The van der Waals surface area contributed by atoms with Gasteiger partial charge in [-0.3, -0.25) is 9.36 Å². The maximum atomic E-state index is 12.3. The van der Waals surface area contributed by atoms with E-state index in [-0.39, 0.29) is 23.9 Å². The third-order valence-corrected chi connectivity index (χ3v) is 5.10. The van der Waals surface area contributed by atoms with Crippen LogP contribution >= 0.6 is 7.60 Å². The lowest BCUT2D eigenvalue weighted by molar-refractivity contribution is -0.119. The molecule has 0 bridgehead atoms. The summed E-state index contributed by atoms with van der Waals surface area (Å²) in [6, 6.07) is 9.44. The highest BCUT2D eigenvalue weighted by atomic mass is 31.2. The second-order valence-electron chi connectivity index (χ2n) is 5.19. The Morgan fingerprint density at radius 2 is 1.76 bits per heavy atom. The molecular weight excluding hydrogens is 289 g/mol. The van der Waals surface area contributed by atoms with Crippen molar-refractivity contribution in [3.05, 3.63) is 35.9 Å². The highest BCUT2D eigenvalue weighted by Crippen LogP contribution is 2.46.